The predicted molar refractivity (Wildman–Crippen MR) is 114 cm³/mol. The Hall–Kier alpha value is -0.0451. The molecule has 22 heavy (non-hydrogen) atoms. The van der Waals surface area contributed by atoms with Crippen molar-refractivity contribution >= 4 is 62.9 Å². The highest BCUT2D eigenvalue weighted by atomic mass is 127. The van der Waals surface area contributed by atoms with Crippen LogP contribution in [-0.2, 0) is 0 Å². The van der Waals surface area contributed by atoms with Crippen LogP contribution in [-0.4, -0.2) is 21.1 Å². The van der Waals surface area contributed by atoms with Gasteiger partial charge in [0.15, 0.2) is 5.70 Å². The first-order valence-corrected chi connectivity index (χ1v) is 10.2. The first-order valence-electron chi connectivity index (χ1n) is 8.00. The van der Waals surface area contributed by atoms with Crippen LogP contribution < -0.4 is 0 Å². The summed E-state index contributed by atoms with van der Waals surface area (Å²) in [6, 6.07) is 0. The van der Waals surface area contributed by atoms with Crippen LogP contribution in [0.2, 0.25) is 13.6 Å². The molecule has 118 valence electrons. The van der Waals surface area contributed by atoms with Crippen LogP contribution in [0.5, 0.6) is 0 Å². The number of nitrogens with zero attached hydrogens (tertiary/aromatic N) is 2. The zero-order chi connectivity index (χ0) is 16.6. The third kappa shape index (κ3) is 1.87. The summed E-state index contributed by atoms with van der Waals surface area (Å²) < 4.78 is 8.07. The lowest BCUT2D eigenvalue weighted by atomic mass is 9.48. The number of hydrogen-bond acceptors (Lipinski definition) is 0. The van der Waals surface area contributed by atoms with Crippen LogP contribution in [0.3, 0.4) is 0 Å². The van der Waals surface area contributed by atoms with Crippen molar-refractivity contribution in [2.45, 2.75) is 54.7 Å². The van der Waals surface area contributed by atoms with Gasteiger partial charge < -0.3 is 8.96 Å². The van der Waals surface area contributed by atoms with Crippen molar-refractivity contribution in [1.29, 1.82) is 0 Å². The quantitative estimate of drug-likeness (QED) is 0.337. The van der Waals surface area contributed by atoms with Gasteiger partial charge in [-0.05, 0) is 83.6 Å². The van der Waals surface area contributed by atoms with E-state index in [0.717, 1.165) is 6.42 Å². The van der Waals surface area contributed by atoms with E-state index in [1.807, 2.05) is 0 Å². The van der Waals surface area contributed by atoms with E-state index in [0.29, 0.717) is 0 Å². The summed E-state index contributed by atoms with van der Waals surface area (Å²) >= 11 is 5.04. The second kappa shape index (κ2) is 5.23. The normalized spacial score (nSPS) is 20.0. The molecular weight excluding hydrogens is 497 g/mol. The highest BCUT2D eigenvalue weighted by molar-refractivity contribution is 14.1. The molecular formula is C17H23BI2N2. The molecule has 0 saturated carbocycles. The molecule has 0 unspecified atom stereocenters. The number of allylic oxidation sites excluding steroid dienone is 3. The van der Waals surface area contributed by atoms with Crippen LogP contribution in [0, 0.1) is 17.4 Å². The molecule has 0 aromatic carbocycles. The van der Waals surface area contributed by atoms with Gasteiger partial charge in [-0.3, -0.25) is 0 Å². The minimum absolute atomic E-state index is 0.847. The van der Waals surface area contributed by atoms with Crippen molar-refractivity contribution in [2.24, 2.45) is 0 Å². The molecule has 0 N–H and O–H groups in total. The molecule has 0 saturated heterocycles. The zero-order valence-electron chi connectivity index (χ0n) is 14.4. The van der Waals surface area contributed by atoms with E-state index in [-0.39, 0.29) is 0 Å². The molecule has 0 fully saturated rings. The summed E-state index contributed by atoms with van der Waals surface area (Å²) in [5.74, 6) is 0. The Morgan fingerprint density at radius 1 is 1.09 bits per heavy atom. The van der Waals surface area contributed by atoms with E-state index < -0.39 is 6.42 Å². The maximum absolute atomic E-state index is 2.62. The fraction of sp³-hybridized carbons (Fsp3) is 0.471. The largest absolute Gasteiger partial charge is 0.458 e. The van der Waals surface area contributed by atoms with Gasteiger partial charge in [-0.15, -0.1) is 13.6 Å². The standard InChI is InChI=1S/C17H23BI2N2/c1-8-13-16-9(2)14(19)11(4)21(16)18(6,7)22-12(5)15(20)10(3)17(13)22/h8H2,1-7H3. The monoisotopic (exact) mass is 520 g/mol. The number of rotatable bonds is 1. The Morgan fingerprint density at radius 3 is 2.23 bits per heavy atom. The van der Waals surface area contributed by atoms with Crippen molar-refractivity contribution in [2.75, 3.05) is 0 Å². The fourth-order valence-electron chi connectivity index (χ4n) is 4.54. The van der Waals surface area contributed by atoms with Gasteiger partial charge in [0.05, 0.1) is 3.58 Å². The van der Waals surface area contributed by atoms with Crippen molar-refractivity contribution in [3.05, 3.63) is 35.4 Å². The molecule has 0 atom stereocenters. The fourth-order valence-corrected chi connectivity index (χ4v) is 5.58. The molecule has 2 aliphatic heterocycles. The van der Waals surface area contributed by atoms with Crippen LogP contribution >= 0.6 is 45.2 Å². The average Bonchev–Trinajstić information content (AvgIpc) is 2.82. The average molecular weight is 520 g/mol. The van der Waals surface area contributed by atoms with E-state index >= 15 is 0 Å². The van der Waals surface area contributed by atoms with Crippen LogP contribution in [0.1, 0.15) is 44.1 Å². The smallest absolute Gasteiger partial charge is 0.373 e. The Kier molecular flexibility index (Phi) is 3.99. The third-order valence-corrected chi connectivity index (χ3v) is 8.58. The Morgan fingerprint density at radius 2 is 1.68 bits per heavy atom. The lowest BCUT2D eigenvalue weighted by molar-refractivity contribution is -0.336. The summed E-state index contributed by atoms with van der Waals surface area (Å²) in [5.41, 5.74) is 10.2. The summed E-state index contributed by atoms with van der Waals surface area (Å²) in [7, 11) is 0. The minimum Gasteiger partial charge on any atom is -0.458 e. The molecule has 1 aromatic rings. The molecule has 0 bridgehead atoms. The van der Waals surface area contributed by atoms with E-state index in [2.05, 4.69) is 102 Å². The molecule has 0 amide bonds. The maximum atomic E-state index is 2.62. The van der Waals surface area contributed by atoms with Crippen molar-refractivity contribution < 1.29 is 4.49 Å². The molecule has 0 radical (unpaired) electrons. The molecule has 0 aliphatic carbocycles. The summed E-state index contributed by atoms with van der Waals surface area (Å²) in [5, 5.41) is 0. The number of hydrogen-bond donors (Lipinski definition) is 0. The van der Waals surface area contributed by atoms with Gasteiger partial charge in [0.2, 0.25) is 0 Å². The van der Waals surface area contributed by atoms with Gasteiger partial charge in [-0.25, -0.2) is 0 Å². The highest BCUT2D eigenvalue weighted by Crippen LogP contribution is 2.45. The molecule has 2 nitrogen and oxygen atoms in total. The molecule has 0 spiro atoms. The Labute approximate surface area is 161 Å². The van der Waals surface area contributed by atoms with Crippen LogP contribution in [0.15, 0.2) is 14.8 Å². The van der Waals surface area contributed by atoms with E-state index in [1.54, 1.807) is 0 Å². The van der Waals surface area contributed by atoms with Gasteiger partial charge in [0, 0.05) is 27.3 Å². The maximum Gasteiger partial charge on any atom is 0.373 e. The van der Waals surface area contributed by atoms with Crippen molar-refractivity contribution in [1.82, 2.24) is 4.48 Å². The van der Waals surface area contributed by atoms with Gasteiger partial charge in [0.1, 0.15) is 5.71 Å². The van der Waals surface area contributed by atoms with E-state index in [4.69, 9.17) is 0 Å². The SMILES string of the molecule is CCC1=C2C(C)=C(I)C(C)=[N+]2[B-](C)(C)n2c(C)c(I)c(C)c21. The highest BCUT2D eigenvalue weighted by Gasteiger charge is 2.46. The number of fused-ring (bicyclic) bond motifs is 2. The first kappa shape index (κ1) is 16.8. The molecule has 3 heterocycles. The van der Waals surface area contributed by atoms with E-state index in [9.17, 15) is 0 Å². The Balaban J connectivity index is 2.54. The lowest BCUT2D eigenvalue weighted by Gasteiger charge is -2.40. The number of aromatic nitrogens is 1. The van der Waals surface area contributed by atoms with Gasteiger partial charge in [-0.2, -0.15) is 0 Å². The third-order valence-electron chi connectivity index (χ3n) is 5.40. The van der Waals surface area contributed by atoms with Crippen molar-refractivity contribution in [3.8, 4) is 0 Å². The first-order chi connectivity index (χ1) is 10.2. The van der Waals surface area contributed by atoms with Gasteiger partial charge in [0.25, 0.3) is 0 Å². The van der Waals surface area contributed by atoms with Crippen LogP contribution in [0.4, 0.5) is 0 Å². The lowest BCUT2D eigenvalue weighted by Crippen LogP contribution is -2.53. The van der Waals surface area contributed by atoms with E-state index in [1.165, 1.54) is 46.7 Å². The van der Waals surface area contributed by atoms with Crippen LogP contribution in [0.25, 0.3) is 5.57 Å². The minimum atomic E-state index is -0.847. The topological polar surface area (TPSA) is 7.94 Å². The summed E-state index contributed by atoms with van der Waals surface area (Å²) in [6.07, 6.45) is 0.229. The molecule has 5 heteroatoms. The molecule has 1 aromatic heterocycles. The van der Waals surface area contributed by atoms with Gasteiger partial charge >= 0.3 is 6.42 Å². The predicted octanol–water partition coefficient (Wildman–Crippen LogP) is 5.59. The second-order valence-electron chi connectivity index (χ2n) is 7.04. The second-order valence-corrected chi connectivity index (χ2v) is 9.20. The molecule has 3 rings (SSSR count). The van der Waals surface area contributed by atoms with Crippen molar-refractivity contribution in [3.63, 3.8) is 0 Å². The molecule has 2 aliphatic rings. The summed E-state index contributed by atoms with van der Waals surface area (Å²) in [6.45, 7) is 16.2. The Bertz CT molecular complexity index is 807. The zero-order valence-corrected chi connectivity index (χ0v) is 18.7. The summed E-state index contributed by atoms with van der Waals surface area (Å²) in [4.78, 5) is 0. The number of halogens is 2. The van der Waals surface area contributed by atoms with Gasteiger partial charge in [-0.1, -0.05) is 6.92 Å².